The molecule has 1 unspecified atom stereocenters. The van der Waals surface area contributed by atoms with Crippen LogP contribution in [0, 0.1) is 17.2 Å². The van der Waals surface area contributed by atoms with Crippen LogP contribution in [-0.4, -0.2) is 39.1 Å². The molecule has 5 heteroatoms. The minimum atomic E-state index is -0.686. The second-order valence-corrected chi connectivity index (χ2v) is 5.85. The van der Waals surface area contributed by atoms with Gasteiger partial charge >= 0.3 is 0 Å². The summed E-state index contributed by atoms with van der Waals surface area (Å²) in [4.78, 5) is 13.4. The first-order chi connectivity index (χ1) is 7.20. The first-order valence-electron chi connectivity index (χ1n) is 5.25. The summed E-state index contributed by atoms with van der Waals surface area (Å²) in [5.41, 5.74) is 0. The maximum absolute atomic E-state index is 11.6. The lowest BCUT2D eigenvalue weighted by Crippen LogP contribution is -2.40. The van der Waals surface area contributed by atoms with Crippen molar-refractivity contribution in [1.82, 2.24) is 4.90 Å². The zero-order chi connectivity index (χ0) is 10.8. The molecule has 1 atom stereocenters. The molecule has 0 saturated carbocycles. The number of rotatable bonds is 1. The molecule has 2 fully saturated rings. The van der Waals surface area contributed by atoms with Gasteiger partial charge in [-0.3, -0.25) is 9.00 Å². The van der Waals surface area contributed by atoms with Crippen molar-refractivity contribution in [2.45, 2.75) is 25.3 Å². The quantitative estimate of drug-likeness (QED) is 0.644. The monoisotopic (exact) mass is 226 g/mol. The van der Waals surface area contributed by atoms with Gasteiger partial charge < -0.3 is 4.90 Å². The second-order valence-electron chi connectivity index (χ2n) is 4.16. The molecule has 2 rings (SSSR count). The van der Waals surface area contributed by atoms with Gasteiger partial charge in [0.05, 0.1) is 12.0 Å². The van der Waals surface area contributed by atoms with Gasteiger partial charge in [-0.25, -0.2) is 0 Å². The molecule has 2 heterocycles. The summed E-state index contributed by atoms with van der Waals surface area (Å²) in [7, 11) is -0.686. The van der Waals surface area contributed by atoms with E-state index in [2.05, 4.69) is 6.07 Å². The summed E-state index contributed by atoms with van der Waals surface area (Å²) >= 11 is 0. The largest absolute Gasteiger partial charge is 0.338 e. The van der Waals surface area contributed by atoms with Crippen molar-refractivity contribution in [3.05, 3.63) is 0 Å². The molecule has 0 aromatic heterocycles. The van der Waals surface area contributed by atoms with Crippen LogP contribution in [0.4, 0.5) is 0 Å². The highest BCUT2D eigenvalue weighted by molar-refractivity contribution is 7.85. The van der Waals surface area contributed by atoms with Crippen molar-refractivity contribution in [3.8, 4) is 6.07 Å². The predicted molar refractivity (Wildman–Crippen MR) is 56.3 cm³/mol. The van der Waals surface area contributed by atoms with Crippen LogP contribution in [0.3, 0.4) is 0 Å². The fraction of sp³-hybridized carbons (Fsp3) is 0.800. The molecule has 0 aromatic rings. The van der Waals surface area contributed by atoms with Gasteiger partial charge in [-0.05, 0) is 12.8 Å². The Kier molecular flexibility index (Phi) is 3.06. The van der Waals surface area contributed by atoms with E-state index in [1.807, 2.05) is 4.90 Å². The molecule has 0 spiro atoms. The van der Waals surface area contributed by atoms with Crippen molar-refractivity contribution in [1.29, 1.82) is 5.26 Å². The van der Waals surface area contributed by atoms with Gasteiger partial charge in [0.2, 0.25) is 5.91 Å². The minimum absolute atomic E-state index is 0.0965. The molecular formula is C10H14N2O2S. The van der Waals surface area contributed by atoms with Gasteiger partial charge in [-0.15, -0.1) is 0 Å². The Hall–Kier alpha value is -0.890. The fourth-order valence-corrected chi connectivity index (χ4v) is 3.54. The van der Waals surface area contributed by atoms with Crippen molar-refractivity contribution in [3.63, 3.8) is 0 Å². The van der Waals surface area contributed by atoms with E-state index in [-0.39, 0.29) is 17.9 Å². The van der Waals surface area contributed by atoms with Crippen LogP contribution in [0.2, 0.25) is 0 Å². The molecule has 2 saturated heterocycles. The molecule has 4 nitrogen and oxygen atoms in total. The molecular weight excluding hydrogens is 212 g/mol. The van der Waals surface area contributed by atoms with E-state index in [1.165, 1.54) is 0 Å². The lowest BCUT2D eigenvalue weighted by Gasteiger charge is -2.30. The van der Waals surface area contributed by atoms with E-state index in [1.54, 1.807) is 0 Å². The Morgan fingerprint density at radius 3 is 2.60 bits per heavy atom. The Morgan fingerprint density at radius 2 is 2.07 bits per heavy atom. The van der Waals surface area contributed by atoms with E-state index < -0.39 is 10.8 Å². The highest BCUT2D eigenvalue weighted by Crippen LogP contribution is 2.24. The summed E-state index contributed by atoms with van der Waals surface area (Å²) in [6.07, 6.45) is 2.03. The summed E-state index contributed by atoms with van der Waals surface area (Å²) in [6.45, 7) is 0.576. The van der Waals surface area contributed by atoms with Gasteiger partial charge in [0.25, 0.3) is 0 Å². The lowest BCUT2D eigenvalue weighted by molar-refractivity contribution is -0.129. The standard InChI is InChI=1S/C10H14N2O2S/c11-6-8-5-10(13)12(7-8)9-1-3-15(14)4-2-9/h8-9H,1-5,7H2. The number of likely N-dealkylation sites (tertiary alicyclic amines) is 1. The topological polar surface area (TPSA) is 61.2 Å². The molecule has 1 amide bonds. The summed E-state index contributed by atoms with van der Waals surface area (Å²) in [5, 5.41) is 8.76. The zero-order valence-corrected chi connectivity index (χ0v) is 9.33. The molecule has 0 radical (unpaired) electrons. The van der Waals surface area contributed by atoms with Gasteiger partial charge in [0.1, 0.15) is 0 Å². The highest BCUT2D eigenvalue weighted by atomic mass is 32.2. The number of hydrogen-bond donors (Lipinski definition) is 0. The van der Waals surface area contributed by atoms with Crippen LogP contribution in [-0.2, 0) is 15.6 Å². The van der Waals surface area contributed by atoms with E-state index in [0.717, 1.165) is 12.8 Å². The van der Waals surface area contributed by atoms with E-state index in [9.17, 15) is 9.00 Å². The molecule has 2 aliphatic heterocycles. The van der Waals surface area contributed by atoms with Crippen molar-refractivity contribution < 1.29 is 9.00 Å². The molecule has 15 heavy (non-hydrogen) atoms. The predicted octanol–water partition coefficient (Wildman–Crippen LogP) is 0.270. The van der Waals surface area contributed by atoms with Gasteiger partial charge in [0, 0.05) is 41.3 Å². The van der Waals surface area contributed by atoms with Crippen LogP contribution in [0.15, 0.2) is 0 Å². The lowest BCUT2D eigenvalue weighted by atomic mass is 10.1. The van der Waals surface area contributed by atoms with Crippen molar-refractivity contribution in [2.24, 2.45) is 5.92 Å². The average molecular weight is 226 g/mol. The SMILES string of the molecule is N#CC1CC(=O)N(C2CCS(=O)CC2)C1. The number of hydrogen-bond acceptors (Lipinski definition) is 3. The third kappa shape index (κ3) is 2.20. The summed E-state index contributed by atoms with van der Waals surface area (Å²) in [6, 6.07) is 2.38. The average Bonchev–Trinajstić information content (AvgIpc) is 2.61. The molecule has 0 aromatic carbocycles. The van der Waals surface area contributed by atoms with Crippen LogP contribution >= 0.6 is 0 Å². The molecule has 0 aliphatic carbocycles. The third-order valence-corrected chi connectivity index (χ3v) is 4.52. The fourth-order valence-electron chi connectivity index (χ4n) is 2.26. The number of carbonyl (C=O) groups is 1. The van der Waals surface area contributed by atoms with Crippen LogP contribution < -0.4 is 0 Å². The zero-order valence-electron chi connectivity index (χ0n) is 8.52. The van der Waals surface area contributed by atoms with E-state index in [4.69, 9.17) is 5.26 Å². The third-order valence-electron chi connectivity index (χ3n) is 3.14. The molecule has 0 N–H and O–H groups in total. The van der Waals surface area contributed by atoms with Crippen molar-refractivity contribution >= 4 is 16.7 Å². The Morgan fingerprint density at radius 1 is 1.40 bits per heavy atom. The summed E-state index contributed by atoms with van der Waals surface area (Å²) in [5.74, 6) is 1.36. The minimum Gasteiger partial charge on any atom is -0.338 e. The van der Waals surface area contributed by atoms with E-state index in [0.29, 0.717) is 24.5 Å². The second kappa shape index (κ2) is 4.31. The van der Waals surface area contributed by atoms with Gasteiger partial charge in [-0.1, -0.05) is 0 Å². The number of nitrogens with zero attached hydrogens (tertiary/aromatic N) is 2. The maximum atomic E-state index is 11.6. The van der Waals surface area contributed by atoms with Gasteiger partial charge in [0.15, 0.2) is 0 Å². The smallest absolute Gasteiger partial charge is 0.224 e. The first kappa shape index (κ1) is 10.6. The van der Waals surface area contributed by atoms with Gasteiger partial charge in [-0.2, -0.15) is 5.26 Å². The molecule has 82 valence electrons. The number of amides is 1. The Bertz CT molecular complexity index is 327. The number of carbonyl (C=O) groups excluding carboxylic acids is 1. The van der Waals surface area contributed by atoms with Crippen LogP contribution in [0.25, 0.3) is 0 Å². The van der Waals surface area contributed by atoms with Crippen molar-refractivity contribution in [2.75, 3.05) is 18.1 Å². The van der Waals surface area contributed by atoms with Crippen LogP contribution in [0.5, 0.6) is 0 Å². The van der Waals surface area contributed by atoms with E-state index >= 15 is 0 Å². The molecule has 0 bridgehead atoms. The molecule has 2 aliphatic rings. The normalized spacial score (nSPS) is 36.6. The van der Waals surface area contributed by atoms with Crippen LogP contribution in [0.1, 0.15) is 19.3 Å². The highest BCUT2D eigenvalue weighted by Gasteiger charge is 2.35. The number of nitriles is 1. The summed E-state index contributed by atoms with van der Waals surface area (Å²) < 4.78 is 11.2. The maximum Gasteiger partial charge on any atom is 0.224 e. The Balaban J connectivity index is 1.97. The first-order valence-corrected chi connectivity index (χ1v) is 6.73. The Labute approximate surface area is 91.7 Å².